The van der Waals surface area contributed by atoms with E-state index in [-0.39, 0.29) is 5.92 Å². The van der Waals surface area contributed by atoms with Crippen molar-refractivity contribution < 1.29 is 13.9 Å². The van der Waals surface area contributed by atoms with Gasteiger partial charge in [0.05, 0.1) is 6.10 Å². The fraction of sp³-hybridized carbons (Fsp3) is 0.571. The first-order valence-electron chi connectivity index (χ1n) is 6.23. The summed E-state index contributed by atoms with van der Waals surface area (Å²) < 4.78 is 25.9. The maximum absolute atomic E-state index is 13.1. The van der Waals surface area contributed by atoms with Crippen molar-refractivity contribution in [3.05, 3.63) is 35.4 Å². The van der Waals surface area contributed by atoms with Gasteiger partial charge in [-0.15, -0.1) is 0 Å². The van der Waals surface area contributed by atoms with Crippen LogP contribution in [0.5, 0.6) is 0 Å². The molecule has 0 saturated carbocycles. The molecule has 0 amide bonds. The van der Waals surface area contributed by atoms with Crippen molar-refractivity contribution in [1.29, 1.82) is 0 Å². The van der Waals surface area contributed by atoms with Gasteiger partial charge in [-0.1, -0.05) is 39.2 Å². The van der Waals surface area contributed by atoms with Crippen molar-refractivity contribution in [2.45, 2.75) is 45.6 Å². The van der Waals surface area contributed by atoms with E-state index in [1.165, 1.54) is 6.07 Å². The van der Waals surface area contributed by atoms with Gasteiger partial charge in [-0.05, 0) is 30.0 Å². The second-order valence-electron chi connectivity index (χ2n) is 4.43. The monoisotopic (exact) mass is 242 g/mol. The molecule has 3 heteroatoms. The van der Waals surface area contributed by atoms with Crippen LogP contribution in [0.15, 0.2) is 18.2 Å². The minimum absolute atomic E-state index is 0.111. The molecule has 96 valence electrons. The summed E-state index contributed by atoms with van der Waals surface area (Å²) in [6.07, 6.45) is 3.15. The Kier molecular flexibility index (Phi) is 5.56. The molecule has 2 atom stereocenters. The van der Waals surface area contributed by atoms with Gasteiger partial charge in [-0.3, -0.25) is 0 Å². The van der Waals surface area contributed by atoms with Crippen molar-refractivity contribution in [1.82, 2.24) is 0 Å². The average Bonchev–Trinajstić information content (AvgIpc) is 2.33. The summed E-state index contributed by atoms with van der Waals surface area (Å²) >= 11 is 0. The third-order valence-electron chi connectivity index (χ3n) is 3.18. The van der Waals surface area contributed by atoms with Crippen LogP contribution >= 0.6 is 0 Å². The van der Waals surface area contributed by atoms with E-state index in [2.05, 4.69) is 6.92 Å². The second-order valence-corrected chi connectivity index (χ2v) is 4.43. The van der Waals surface area contributed by atoms with Gasteiger partial charge in [0.2, 0.25) is 0 Å². The highest BCUT2D eigenvalue weighted by Gasteiger charge is 2.19. The lowest BCUT2D eigenvalue weighted by Crippen LogP contribution is -2.12. The van der Waals surface area contributed by atoms with Gasteiger partial charge in [-0.25, -0.2) is 8.78 Å². The Morgan fingerprint density at radius 3 is 2.41 bits per heavy atom. The van der Waals surface area contributed by atoms with Crippen molar-refractivity contribution in [2.75, 3.05) is 0 Å². The summed E-state index contributed by atoms with van der Waals surface area (Å²) in [4.78, 5) is 0. The fourth-order valence-electron chi connectivity index (χ4n) is 2.02. The summed E-state index contributed by atoms with van der Waals surface area (Å²) in [5.74, 6) is -1.66. The molecule has 0 heterocycles. The number of hydrogen-bond acceptors (Lipinski definition) is 1. The summed E-state index contributed by atoms with van der Waals surface area (Å²) in [7, 11) is 0. The molecule has 2 unspecified atom stereocenters. The minimum atomic E-state index is -0.896. The van der Waals surface area contributed by atoms with Crippen molar-refractivity contribution in [3.63, 3.8) is 0 Å². The lowest BCUT2D eigenvalue weighted by Gasteiger charge is -2.21. The molecule has 0 aromatic heterocycles. The minimum Gasteiger partial charge on any atom is -0.388 e. The standard InChI is InChI=1S/C14H20F2O/c1-3-5-6-10(4-2)14(17)11-7-8-12(15)13(16)9-11/h7-10,14,17H,3-6H2,1-2H3. The number of aliphatic hydroxyl groups is 1. The molecule has 0 bridgehead atoms. The Balaban J connectivity index is 2.78. The zero-order chi connectivity index (χ0) is 12.8. The first-order chi connectivity index (χ1) is 8.10. The van der Waals surface area contributed by atoms with Crippen LogP contribution in [0.25, 0.3) is 0 Å². The molecular formula is C14H20F2O. The highest BCUT2D eigenvalue weighted by Crippen LogP contribution is 2.29. The van der Waals surface area contributed by atoms with Crippen molar-refractivity contribution in [3.8, 4) is 0 Å². The van der Waals surface area contributed by atoms with Crippen LogP contribution in [0.4, 0.5) is 8.78 Å². The second kappa shape index (κ2) is 6.70. The summed E-state index contributed by atoms with van der Waals surface area (Å²) in [6.45, 7) is 4.10. The maximum atomic E-state index is 13.1. The number of unbranched alkanes of at least 4 members (excludes halogenated alkanes) is 1. The summed E-state index contributed by atoms with van der Waals surface area (Å²) in [6, 6.07) is 3.62. The first kappa shape index (κ1) is 14.1. The van der Waals surface area contributed by atoms with Crippen LogP contribution < -0.4 is 0 Å². The molecule has 1 aromatic carbocycles. The number of rotatable bonds is 6. The van der Waals surface area contributed by atoms with Crippen LogP contribution in [-0.4, -0.2) is 5.11 Å². The van der Waals surface area contributed by atoms with Gasteiger partial charge in [0.1, 0.15) is 0 Å². The smallest absolute Gasteiger partial charge is 0.159 e. The van der Waals surface area contributed by atoms with E-state index in [0.29, 0.717) is 5.56 Å². The lowest BCUT2D eigenvalue weighted by atomic mass is 9.89. The molecule has 0 saturated heterocycles. The fourth-order valence-corrected chi connectivity index (χ4v) is 2.02. The van der Waals surface area contributed by atoms with E-state index in [0.717, 1.165) is 37.8 Å². The van der Waals surface area contributed by atoms with Crippen LogP contribution in [0.1, 0.15) is 51.2 Å². The van der Waals surface area contributed by atoms with E-state index in [4.69, 9.17) is 0 Å². The molecule has 0 spiro atoms. The normalized spacial score (nSPS) is 14.6. The summed E-state index contributed by atoms with van der Waals surface area (Å²) in [5, 5.41) is 10.1. The molecule has 0 fully saturated rings. The van der Waals surface area contributed by atoms with E-state index >= 15 is 0 Å². The molecule has 17 heavy (non-hydrogen) atoms. The van der Waals surface area contributed by atoms with Gasteiger partial charge in [0.15, 0.2) is 11.6 Å². The summed E-state index contributed by atoms with van der Waals surface area (Å²) in [5.41, 5.74) is 0.465. The molecule has 1 N–H and O–H groups in total. The molecular weight excluding hydrogens is 222 g/mol. The Morgan fingerprint density at radius 1 is 1.18 bits per heavy atom. The van der Waals surface area contributed by atoms with Crippen LogP contribution in [-0.2, 0) is 0 Å². The van der Waals surface area contributed by atoms with E-state index in [1.807, 2.05) is 6.92 Å². The third-order valence-corrected chi connectivity index (χ3v) is 3.18. The average molecular weight is 242 g/mol. The SMILES string of the molecule is CCCCC(CC)C(O)c1ccc(F)c(F)c1. The largest absolute Gasteiger partial charge is 0.388 e. The number of halogens is 2. The van der Waals surface area contributed by atoms with Crippen LogP contribution in [0.3, 0.4) is 0 Å². The predicted octanol–water partition coefficient (Wildman–Crippen LogP) is 4.21. The van der Waals surface area contributed by atoms with E-state index < -0.39 is 17.7 Å². The predicted molar refractivity (Wildman–Crippen MR) is 64.6 cm³/mol. The van der Waals surface area contributed by atoms with Crippen LogP contribution in [0.2, 0.25) is 0 Å². The molecule has 0 aliphatic rings. The van der Waals surface area contributed by atoms with E-state index in [1.54, 1.807) is 0 Å². The molecule has 0 radical (unpaired) electrons. The quantitative estimate of drug-likeness (QED) is 0.792. The molecule has 1 nitrogen and oxygen atoms in total. The van der Waals surface area contributed by atoms with E-state index in [9.17, 15) is 13.9 Å². The van der Waals surface area contributed by atoms with Gasteiger partial charge < -0.3 is 5.11 Å². The van der Waals surface area contributed by atoms with Gasteiger partial charge in [0.25, 0.3) is 0 Å². The Morgan fingerprint density at radius 2 is 1.88 bits per heavy atom. The van der Waals surface area contributed by atoms with Gasteiger partial charge >= 0.3 is 0 Å². The van der Waals surface area contributed by atoms with Crippen molar-refractivity contribution >= 4 is 0 Å². The number of benzene rings is 1. The molecule has 1 aromatic rings. The van der Waals surface area contributed by atoms with Gasteiger partial charge in [0, 0.05) is 0 Å². The Hall–Kier alpha value is -0.960. The zero-order valence-corrected chi connectivity index (χ0v) is 10.4. The third kappa shape index (κ3) is 3.77. The highest BCUT2D eigenvalue weighted by molar-refractivity contribution is 5.20. The molecule has 0 aliphatic heterocycles. The Bertz CT molecular complexity index is 352. The first-order valence-corrected chi connectivity index (χ1v) is 6.23. The lowest BCUT2D eigenvalue weighted by molar-refractivity contribution is 0.0985. The van der Waals surface area contributed by atoms with Gasteiger partial charge in [-0.2, -0.15) is 0 Å². The highest BCUT2D eigenvalue weighted by atomic mass is 19.2. The number of hydrogen-bond donors (Lipinski definition) is 1. The maximum Gasteiger partial charge on any atom is 0.159 e. The van der Waals surface area contributed by atoms with Crippen molar-refractivity contribution in [2.24, 2.45) is 5.92 Å². The topological polar surface area (TPSA) is 20.2 Å². The molecule has 0 aliphatic carbocycles. The Labute approximate surface area is 101 Å². The zero-order valence-electron chi connectivity index (χ0n) is 10.4. The number of aliphatic hydroxyl groups excluding tert-OH is 1. The molecule has 1 rings (SSSR count). The van der Waals surface area contributed by atoms with Crippen LogP contribution in [0, 0.1) is 17.6 Å².